The molecule has 1 aliphatic rings. The van der Waals surface area contributed by atoms with Crippen LogP contribution in [-0.2, 0) is 0 Å². The Hall–Kier alpha value is -1.32. The topological polar surface area (TPSA) is 49.8 Å². The summed E-state index contributed by atoms with van der Waals surface area (Å²) in [4.78, 5) is 9.10. The van der Waals surface area contributed by atoms with E-state index in [-0.39, 0.29) is 0 Å². The predicted molar refractivity (Wildman–Crippen MR) is 76.1 cm³/mol. The second-order valence-corrected chi connectivity index (χ2v) is 5.36. The van der Waals surface area contributed by atoms with Gasteiger partial charge < -0.3 is 10.6 Å². The lowest BCUT2D eigenvalue weighted by Crippen LogP contribution is -2.21. The van der Waals surface area contributed by atoms with E-state index in [1.54, 1.807) is 0 Å². The Morgan fingerprint density at radius 1 is 1.22 bits per heavy atom. The SMILES string of the molecule is CCNc1cc(NCC2CCC2)nc(C(C)C)n1. The third-order valence-electron chi connectivity index (χ3n) is 3.41. The summed E-state index contributed by atoms with van der Waals surface area (Å²) in [5, 5.41) is 6.72. The van der Waals surface area contributed by atoms with Gasteiger partial charge in [0.25, 0.3) is 0 Å². The highest BCUT2D eigenvalue weighted by Gasteiger charge is 2.17. The standard InChI is InChI=1S/C14H24N4/c1-4-15-12-8-13(16-9-11-6-5-7-11)18-14(17-12)10(2)3/h8,10-11H,4-7,9H2,1-3H3,(H2,15,16,17,18). The van der Waals surface area contributed by atoms with Crippen molar-refractivity contribution < 1.29 is 0 Å². The molecule has 0 radical (unpaired) electrons. The van der Waals surface area contributed by atoms with Gasteiger partial charge in [-0.15, -0.1) is 0 Å². The third kappa shape index (κ3) is 3.34. The molecule has 0 bridgehead atoms. The molecule has 1 saturated carbocycles. The van der Waals surface area contributed by atoms with E-state index in [9.17, 15) is 0 Å². The fourth-order valence-corrected chi connectivity index (χ4v) is 2.03. The fourth-order valence-electron chi connectivity index (χ4n) is 2.03. The molecule has 2 N–H and O–H groups in total. The Morgan fingerprint density at radius 2 is 1.89 bits per heavy atom. The van der Waals surface area contributed by atoms with Gasteiger partial charge in [0.05, 0.1) is 0 Å². The zero-order valence-electron chi connectivity index (χ0n) is 11.7. The molecule has 0 atom stereocenters. The summed E-state index contributed by atoms with van der Waals surface area (Å²) in [6.07, 6.45) is 4.10. The number of hydrogen-bond donors (Lipinski definition) is 2. The Labute approximate surface area is 110 Å². The van der Waals surface area contributed by atoms with Crippen LogP contribution in [0.15, 0.2) is 6.07 Å². The predicted octanol–water partition coefficient (Wildman–Crippen LogP) is 3.24. The highest BCUT2D eigenvalue weighted by molar-refractivity contribution is 5.47. The number of rotatable bonds is 6. The van der Waals surface area contributed by atoms with E-state index in [2.05, 4.69) is 41.4 Å². The molecule has 1 aliphatic carbocycles. The maximum absolute atomic E-state index is 4.58. The van der Waals surface area contributed by atoms with Crippen molar-refractivity contribution >= 4 is 11.6 Å². The number of anilines is 2. The summed E-state index contributed by atoms with van der Waals surface area (Å²) in [5.41, 5.74) is 0. The van der Waals surface area contributed by atoms with Gasteiger partial charge in [-0.1, -0.05) is 20.3 Å². The molecule has 1 heterocycles. The van der Waals surface area contributed by atoms with Gasteiger partial charge in [0.2, 0.25) is 0 Å². The second-order valence-electron chi connectivity index (χ2n) is 5.36. The molecule has 1 fully saturated rings. The third-order valence-corrected chi connectivity index (χ3v) is 3.41. The van der Waals surface area contributed by atoms with E-state index in [0.29, 0.717) is 5.92 Å². The van der Waals surface area contributed by atoms with Crippen LogP contribution in [0.25, 0.3) is 0 Å². The first-order valence-corrected chi connectivity index (χ1v) is 7.05. The highest BCUT2D eigenvalue weighted by atomic mass is 15.1. The first-order chi connectivity index (χ1) is 8.69. The summed E-state index contributed by atoms with van der Waals surface area (Å²) in [6, 6.07) is 2.01. The normalized spacial score (nSPS) is 15.6. The van der Waals surface area contributed by atoms with Crippen LogP contribution in [0.4, 0.5) is 11.6 Å². The summed E-state index contributed by atoms with van der Waals surface area (Å²) in [7, 11) is 0. The second kappa shape index (κ2) is 6.03. The molecule has 0 spiro atoms. The van der Waals surface area contributed by atoms with Gasteiger partial charge in [0.15, 0.2) is 0 Å². The average molecular weight is 248 g/mol. The molecule has 0 saturated heterocycles. The number of nitrogens with zero attached hydrogens (tertiary/aromatic N) is 2. The monoisotopic (exact) mass is 248 g/mol. The molecule has 0 amide bonds. The van der Waals surface area contributed by atoms with Crippen LogP contribution < -0.4 is 10.6 Å². The molecule has 0 aliphatic heterocycles. The summed E-state index contributed by atoms with van der Waals surface area (Å²) in [5.74, 6) is 3.98. The van der Waals surface area contributed by atoms with Crippen molar-refractivity contribution in [2.24, 2.45) is 5.92 Å². The maximum Gasteiger partial charge on any atom is 0.135 e. The molecule has 4 heteroatoms. The van der Waals surface area contributed by atoms with E-state index in [1.807, 2.05) is 6.07 Å². The highest BCUT2D eigenvalue weighted by Crippen LogP contribution is 2.26. The lowest BCUT2D eigenvalue weighted by molar-refractivity contribution is 0.333. The smallest absolute Gasteiger partial charge is 0.135 e. The number of nitrogens with one attached hydrogen (secondary N) is 2. The van der Waals surface area contributed by atoms with E-state index < -0.39 is 0 Å². The molecule has 18 heavy (non-hydrogen) atoms. The van der Waals surface area contributed by atoms with Crippen molar-refractivity contribution in [1.82, 2.24) is 9.97 Å². The van der Waals surface area contributed by atoms with Gasteiger partial charge >= 0.3 is 0 Å². The van der Waals surface area contributed by atoms with E-state index in [0.717, 1.165) is 36.5 Å². The van der Waals surface area contributed by atoms with Gasteiger partial charge in [-0.25, -0.2) is 9.97 Å². The Kier molecular flexibility index (Phi) is 4.39. The largest absolute Gasteiger partial charge is 0.370 e. The van der Waals surface area contributed by atoms with Crippen molar-refractivity contribution in [3.63, 3.8) is 0 Å². The first kappa shape index (κ1) is 13.1. The fraction of sp³-hybridized carbons (Fsp3) is 0.714. The van der Waals surface area contributed by atoms with Gasteiger partial charge in [-0.2, -0.15) is 0 Å². The van der Waals surface area contributed by atoms with Crippen molar-refractivity contribution in [1.29, 1.82) is 0 Å². The molecule has 2 rings (SSSR count). The van der Waals surface area contributed by atoms with Crippen molar-refractivity contribution in [3.05, 3.63) is 11.9 Å². The summed E-state index contributed by atoms with van der Waals surface area (Å²) >= 11 is 0. The zero-order chi connectivity index (χ0) is 13.0. The minimum absolute atomic E-state index is 0.354. The van der Waals surface area contributed by atoms with Crippen LogP contribution in [0.1, 0.15) is 51.8 Å². The van der Waals surface area contributed by atoms with Crippen LogP contribution in [0.2, 0.25) is 0 Å². The first-order valence-electron chi connectivity index (χ1n) is 7.05. The Balaban J connectivity index is 2.06. The van der Waals surface area contributed by atoms with Crippen molar-refractivity contribution in [2.45, 2.75) is 46.0 Å². The van der Waals surface area contributed by atoms with E-state index in [1.165, 1.54) is 19.3 Å². The molecule has 0 unspecified atom stereocenters. The van der Waals surface area contributed by atoms with Crippen molar-refractivity contribution in [3.8, 4) is 0 Å². The minimum Gasteiger partial charge on any atom is -0.370 e. The van der Waals surface area contributed by atoms with Gasteiger partial charge in [-0.05, 0) is 25.7 Å². The molecule has 100 valence electrons. The zero-order valence-corrected chi connectivity index (χ0v) is 11.7. The Morgan fingerprint density at radius 3 is 2.39 bits per heavy atom. The number of aromatic nitrogens is 2. The van der Waals surface area contributed by atoms with Crippen LogP contribution >= 0.6 is 0 Å². The van der Waals surface area contributed by atoms with Crippen LogP contribution in [0.3, 0.4) is 0 Å². The molecular formula is C14H24N4. The molecule has 1 aromatic rings. The lowest BCUT2D eigenvalue weighted by atomic mass is 9.85. The minimum atomic E-state index is 0.354. The van der Waals surface area contributed by atoms with Crippen LogP contribution in [0, 0.1) is 5.92 Å². The quantitative estimate of drug-likeness (QED) is 0.811. The van der Waals surface area contributed by atoms with Crippen LogP contribution in [-0.4, -0.2) is 23.1 Å². The van der Waals surface area contributed by atoms with E-state index in [4.69, 9.17) is 0 Å². The molecular weight excluding hydrogens is 224 g/mol. The Bertz CT molecular complexity index is 385. The molecule has 0 aromatic carbocycles. The van der Waals surface area contributed by atoms with E-state index >= 15 is 0 Å². The number of hydrogen-bond acceptors (Lipinski definition) is 4. The van der Waals surface area contributed by atoms with Gasteiger partial charge in [0, 0.05) is 25.1 Å². The summed E-state index contributed by atoms with van der Waals surface area (Å²) in [6.45, 7) is 8.26. The molecule has 4 nitrogen and oxygen atoms in total. The van der Waals surface area contributed by atoms with Gasteiger partial charge in [0.1, 0.15) is 17.5 Å². The van der Waals surface area contributed by atoms with Crippen LogP contribution in [0.5, 0.6) is 0 Å². The lowest BCUT2D eigenvalue weighted by Gasteiger charge is -2.25. The average Bonchev–Trinajstić information content (AvgIpc) is 2.27. The maximum atomic E-state index is 4.58. The molecule has 1 aromatic heterocycles. The van der Waals surface area contributed by atoms with Crippen molar-refractivity contribution in [2.75, 3.05) is 23.7 Å². The van der Waals surface area contributed by atoms with Gasteiger partial charge in [-0.3, -0.25) is 0 Å². The summed E-state index contributed by atoms with van der Waals surface area (Å²) < 4.78 is 0.